The Labute approximate surface area is 182 Å². The van der Waals surface area contributed by atoms with Gasteiger partial charge < -0.3 is 15.0 Å². The van der Waals surface area contributed by atoms with Crippen LogP contribution in [0.25, 0.3) is 0 Å². The molecule has 28 heavy (non-hydrogen) atoms. The molecule has 1 aromatic carbocycles. The lowest BCUT2D eigenvalue weighted by atomic mass is 10.0. The summed E-state index contributed by atoms with van der Waals surface area (Å²) in [6.07, 6.45) is 1.97. The zero-order chi connectivity index (χ0) is 19.7. The smallest absolute Gasteiger partial charge is 0.174 e. The molecule has 1 N–H and O–H groups in total. The molecule has 0 saturated carbocycles. The quantitative estimate of drug-likeness (QED) is 0.468. The molecule has 0 aliphatic carbocycles. The number of anilines is 1. The van der Waals surface area contributed by atoms with Crippen LogP contribution in [0.3, 0.4) is 0 Å². The third kappa shape index (κ3) is 3.92. The average Bonchev–Trinajstić information content (AvgIpc) is 3.26. The first-order valence-corrected chi connectivity index (χ1v) is 11.1. The van der Waals surface area contributed by atoms with Gasteiger partial charge in [0.15, 0.2) is 5.11 Å². The number of aromatic nitrogens is 1. The Balaban J connectivity index is 1.73. The third-order valence-electron chi connectivity index (χ3n) is 4.47. The van der Waals surface area contributed by atoms with Crippen LogP contribution in [0.15, 0.2) is 64.6 Å². The Morgan fingerprint density at radius 1 is 1.14 bits per heavy atom. The number of thiophene rings is 1. The molecule has 4 nitrogen and oxygen atoms in total. The second-order valence-electron chi connectivity index (χ2n) is 6.80. The number of hydrogen-bond donors (Lipinski definition) is 1. The van der Waals surface area contributed by atoms with Crippen molar-refractivity contribution in [3.63, 3.8) is 0 Å². The molecule has 2 atom stereocenters. The van der Waals surface area contributed by atoms with Crippen molar-refractivity contribution in [2.24, 2.45) is 0 Å². The van der Waals surface area contributed by atoms with Crippen LogP contribution in [0.4, 0.5) is 5.69 Å². The summed E-state index contributed by atoms with van der Waals surface area (Å²) in [6.45, 7) is 4.05. The van der Waals surface area contributed by atoms with Crippen LogP contribution in [-0.4, -0.2) is 16.2 Å². The maximum absolute atomic E-state index is 5.78. The summed E-state index contributed by atoms with van der Waals surface area (Å²) in [5.41, 5.74) is 2.00. The first kappa shape index (κ1) is 19.4. The number of benzene rings is 1. The molecular formula is C21H20BrN3OS2. The average molecular weight is 474 g/mol. The maximum atomic E-state index is 5.78. The number of nitrogens with zero attached hydrogens (tertiary/aromatic N) is 2. The zero-order valence-corrected chi connectivity index (χ0v) is 18.7. The molecule has 0 radical (unpaired) electrons. The van der Waals surface area contributed by atoms with Gasteiger partial charge in [-0.3, -0.25) is 4.98 Å². The fourth-order valence-electron chi connectivity index (χ4n) is 3.37. The highest BCUT2D eigenvalue weighted by atomic mass is 79.9. The Bertz CT molecular complexity index is 959. The lowest BCUT2D eigenvalue weighted by Gasteiger charge is -2.27. The Hall–Kier alpha value is -1.96. The van der Waals surface area contributed by atoms with Gasteiger partial charge in [-0.05, 0) is 90.5 Å². The summed E-state index contributed by atoms with van der Waals surface area (Å²) < 4.78 is 6.88. The summed E-state index contributed by atoms with van der Waals surface area (Å²) >= 11 is 11.0. The molecule has 3 heterocycles. The number of pyridine rings is 1. The predicted octanol–water partition coefficient (Wildman–Crippen LogP) is 5.87. The van der Waals surface area contributed by atoms with Crippen LogP contribution in [0.1, 0.15) is 36.5 Å². The molecule has 1 fully saturated rings. The number of halogens is 1. The van der Waals surface area contributed by atoms with Gasteiger partial charge >= 0.3 is 0 Å². The molecule has 0 spiro atoms. The summed E-state index contributed by atoms with van der Waals surface area (Å²) in [4.78, 5) is 7.97. The Morgan fingerprint density at radius 2 is 1.93 bits per heavy atom. The largest absolute Gasteiger partial charge is 0.491 e. The normalized spacial score (nSPS) is 19.1. The first-order chi connectivity index (χ1) is 13.5. The van der Waals surface area contributed by atoms with Crippen molar-refractivity contribution in [3.8, 4) is 5.75 Å². The summed E-state index contributed by atoms with van der Waals surface area (Å²) in [7, 11) is 0. The van der Waals surface area contributed by atoms with Crippen LogP contribution in [-0.2, 0) is 0 Å². The van der Waals surface area contributed by atoms with E-state index in [1.165, 1.54) is 4.88 Å². The van der Waals surface area contributed by atoms with Gasteiger partial charge in [0.2, 0.25) is 0 Å². The van der Waals surface area contributed by atoms with Crippen molar-refractivity contribution >= 4 is 50.3 Å². The van der Waals surface area contributed by atoms with E-state index in [1.54, 1.807) is 11.3 Å². The van der Waals surface area contributed by atoms with Gasteiger partial charge in [-0.2, -0.15) is 0 Å². The van der Waals surface area contributed by atoms with E-state index in [0.717, 1.165) is 20.9 Å². The summed E-state index contributed by atoms with van der Waals surface area (Å²) in [6, 6.07) is 18.3. The summed E-state index contributed by atoms with van der Waals surface area (Å²) in [5, 5.41) is 4.18. The Morgan fingerprint density at radius 3 is 2.54 bits per heavy atom. The van der Waals surface area contributed by atoms with Crippen molar-refractivity contribution in [1.29, 1.82) is 0 Å². The molecule has 0 unspecified atom stereocenters. The fraction of sp³-hybridized carbons (Fsp3) is 0.238. The van der Waals surface area contributed by atoms with Crippen molar-refractivity contribution in [2.45, 2.75) is 32.0 Å². The minimum absolute atomic E-state index is 0.0224. The summed E-state index contributed by atoms with van der Waals surface area (Å²) in [5.74, 6) is 0.855. The minimum Gasteiger partial charge on any atom is -0.491 e. The second kappa shape index (κ2) is 8.19. The van der Waals surface area contributed by atoms with Gasteiger partial charge in [0.05, 0.1) is 27.7 Å². The maximum Gasteiger partial charge on any atom is 0.174 e. The number of rotatable bonds is 5. The highest BCUT2D eigenvalue weighted by Crippen LogP contribution is 2.44. The van der Waals surface area contributed by atoms with E-state index in [9.17, 15) is 0 Å². The number of nitrogens with one attached hydrogen (secondary N) is 1. The number of ether oxygens (including phenoxy) is 1. The van der Waals surface area contributed by atoms with E-state index in [4.69, 9.17) is 17.0 Å². The second-order valence-corrected chi connectivity index (χ2v) is 9.68. The molecule has 144 valence electrons. The van der Waals surface area contributed by atoms with Crippen LogP contribution in [0.5, 0.6) is 5.75 Å². The van der Waals surface area contributed by atoms with Crippen molar-refractivity contribution < 1.29 is 4.74 Å². The van der Waals surface area contributed by atoms with Gasteiger partial charge in [-0.1, -0.05) is 6.07 Å². The topological polar surface area (TPSA) is 37.4 Å². The van der Waals surface area contributed by atoms with Gasteiger partial charge in [0, 0.05) is 16.8 Å². The Kier molecular flexibility index (Phi) is 5.66. The van der Waals surface area contributed by atoms with E-state index in [2.05, 4.69) is 55.4 Å². The number of hydrogen-bond acceptors (Lipinski definition) is 4. The molecular weight excluding hydrogens is 454 g/mol. The number of thiocarbonyl (C=S) groups is 1. The molecule has 1 saturated heterocycles. The molecule has 7 heteroatoms. The van der Waals surface area contributed by atoms with Gasteiger partial charge in [-0.25, -0.2) is 0 Å². The SMILES string of the molecule is CC(C)Oc1ccc(N2C(=S)N[C@@H](c3ccccn3)[C@H]2c2ccc(Br)s2)cc1. The van der Waals surface area contributed by atoms with Crippen molar-refractivity contribution in [2.75, 3.05) is 4.90 Å². The standard InChI is InChI=1S/C21H20BrN3OS2/c1-13(2)26-15-8-6-14(7-9-15)25-20(17-10-11-18(22)28-17)19(24-21(25)27)16-5-3-4-12-23-16/h3-13,19-20H,1-2H3,(H,24,27)/t19-,20+/m0/s1. The fourth-order valence-corrected chi connectivity index (χ4v) is 5.27. The van der Waals surface area contributed by atoms with Crippen LogP contribution in [0.2, 0.25) is 0 Å². The molecule has 4 rings (SSSR count). The van der Waals surface area contributed by atoms with Crippen LogP contribution < -0.4 is 15.0 Å². The van der Waals surface area contributed by atoms with E-state index >= 15 is 0 Å². The van der Waals surface area contributed by atoms with Crippen molar-refractivity contribution in [1.82, 2.24) is 10.3 Å². The van der Waals surface area contributed by atoms with E-state index in [1.807, 2.05) is 50.4 Å². The van der Waals surface area contributed by atoms with Gasteiger partial charge in [0.25, 0.3) is 0 Å². The lowest BCUT2D eigenvalue weighted by molar-refractivity contribution is 0.242. The van der Waals surface area contributed by atoms with Crippen LogP contribution >= 0.6 is 39.5 Å². The van der Waals surface area contributed by atoms with Gasteiger partial charge in [-0.15, -0.1) is 11.3 Å². The van der Waals surface area contributed by atoms with Crippen LogP contribution in [0, 0.1) is 0 Å². The van der Waals surface area contributed by atoms with E-state index in [0.29, 0.717) is 5.11 Å². The predicted molar refractivity (Wildman–Crippen MR) is 122 cm³/mol. The molecule has 3 aromatic rings. The molecule has 2 aromatic heterocycles. The molecule has 0 bridgehead atoms. The van der Waals surface area contributed by atoms with Crippen molar-refractivity contribution in [3.05, 3.63) is 75.2 Å². The molecule has 1 aliphatic heterocycles. The highest BCUT2D eigenvalue weighted by Gasteiger charge is 2.41. The van der Waals surface area contributed by atoms with E-state index in [-0.39, 0.29) is 18.2 Å². The minimum atomic E-state index is -0.0224. The first-order valence-electron chi connectivity index (χ1n) is 9.05. The van der Waals surface area contributed by atoms with Gasteiger partial charge in [0.1, 0.15) is 5.75 Å². The zero-order valence-electron chi connectivity index (χ0n) is 15.5. The lowest BCUT2D eigenvalue weighted by Crippen LogP contribution is -2.29. The highest BCUT2D eigenvalue weighted by molar-refractivity contribution is 9.11. The molecule has 0 amide bonds. The monoisotopic (exact) mass is 473 g/mol. The molecule has 1 aliphatic rings. The van der Waals surface area contributed by atoms with E-state index < -0.39 is 0 Å². The third-order valence-corrected chi connectivity index (χ3v) is 6.48.